The van der Waals surface area contributed by atoms with Gasteiger partial charge in [-0.1, -0.05) is 35.5 Å². The number of rotatable bonds is 6. The molecular weight excluding hydrogens is 404 g/mol. The van der Waals surface area contributed by atoms with Crippen molar-refractivity contribution in [1.82, 2.24) is 30.1 Å². The average molecular weight is 435 g/mol. The molecule has 8 heteroatoms. The molecule has 8 nitrogen and oxygen atoms in total. The van der Waals surface area contributed by atoms with E-state index in [1.165, 1.54) is 5.56 Å². The van der Waals surface area contributed by atoms with Gasteiger partial charge >= 0.3 is 0 Å². The maximum atomic E-state index is 12.8. The van der Waals surface area contributed by atoms with Crippen LogP contribution in [0.15, 0.2) is 40.9 Å². The molecule has 2 aliphatic rings. The summed E-state index contributed by atoms with van der Waals surface area (Å²) in [6, 6.07) is 12.6. The monoisotopic (exact) mass is 434 g/mol. The molecule has 1 saturated carbocycles. The minimum atomic E-state index is -0.216. The zero-order valence-electron chi connectivity index (χ0n) is 18.9. The lowest BCUT2D eigenvalue weighted by Gasteiger charge is -2.25. The number of fused-ring (bicyclic) bond motifs is 1. The molecular formula is C24H30N6O2. The fourth-order valence-electron chi connectivity index (χ4n) is 5.62. The summed E-state index contributed by atoms with van der Waals surface area (Å²) in [4.78, 5) is 19.9. The minimum absolute atomic E-state index is 0.000764. The molecule has 1 amide bonds. The second-order valence-corrected chi connectivity index (χ2v) is 9.44. The number of hydrogen-bond acceptors (Lipinski definition) is 6. The highest BCUT2D eigenvalue weighted by Gasteiger charge is 2.57. The molecule has 2 aromatic heterocycles. The van der Waals surface area contributed by atoms with Gasteiger partial charge in [-0.3, -0.25) is 14.4 Å². The maximum Gasteiger partial charge on any atom is 0.241 e. The third-order valence-corrected chi connectivity index (χ3v) is 6.91. The van der Waals surface area contributed by atoms with E-state index < -0.39 is 0 Å². The lowest BCUT2D eigenvalue weighted by atomic mass is 9.80. The Balaban J connectivity index is 1.30. The summed E-state index contributed by atoms with van der Waals surface area (Å²) in [7, 11) is 0. The first kappa shape index (κ1) is 20.9. The van der Waals surface area contributed by atoms with E-state index >= 15 is 0 Å². The first-order valence-electron chi connectivity index (χ1n) is 11.3. The van der Waals surface area contributed by atoms with Gasteiger partial charge in [0.05, 0.1) is 11.1 Å². The fourth-order valence-corrected chi connectivity index (χ4v) is 5.62. The van der Waals surface area contributed by atoms with Crippen molar-refractivity contribution < 1.29 is 9.32 Å². The molecule has 0 bridgehead atoms. The summed E-state index contributed by atoms with van der Waals surface area (Å²) in [5, 5.41) is 11.7. The Morgan fingerprint density at radius 3 is 2.75 bits per heavy atom. The molecule has 1 aliphatic heterocycles. The summed E-state index contributed by atoms with van der Waals surface area (Å²) < 4.78 is 7.47. The highest BCUT2D eigenvalue weighted by atomic mass is 16.5. The lowest BCUT2D eigenvalue weighted by Crippen LogP contribution is -2.39. The standard InChI is InChI=1S/C24H30N6O2/c1-16-9-17(2)30(27-16)14-22(31)26-21-10-20-13-29(12-19-7-5-4-6-8-19)15-24(20,11-21)23-25-18(3)28-32-23/h4-9,20-21H,10-15H2,1-3H3,(H,26,31). The number of nitrogens with zero attached hydrogens (tertiary/aromatic N) is 5. The second kappa shape index (κ2) is 8.16. The Kier molecular flexibility index (Phi) is 5.33. The molecule has 5 rings (SSSR count). The smallest absolute Gasteiger partial charge is 0.241 e. The molecule has 3 atom stereocenters. The van der Waals surface area contributed by atoms with Gasteiger partial charge in [0.25, 0.3) is 0 Å². The molecule has 168 valence electrons. The normalized spacial score (nSPS) is 25.2. The van der Waals surface area contributed by atoms with Crippen LogP contribution in [0.3, 0.4) is 0 Å². The van der Waals surface area contributed by atoms with Crippen LogP contribution in [0.1, 0.15) is 41.5 Å². The fraction of sp³-hybridized carbons (Fsp3) is 0.500. The predicted molar refractivity (Wildman–Crippen MR) is 119 cm³/mol. The number of nitrogens with one attached hydrogen (secondary N) is 1. The van der Waals surface area contributed by atoms with Crippen LogP contribution in [0.4, 0.5) is 0 Å². The minimum Gasteiger partial charge on any atom is -0.352 e. The zero-order valence-corrected chi connectivity index (χ0v) is 18.9. The first-order chi connectivity index (χ1) is 15.4. The van der Waals surface area contributed by atoms with Crippen LogP contribution in [0.2, 0.25) is 0 Å². The van der Waals surface area contributed by atoms with Crippen molar-refractivity contribution in [3.63, 3.8) is 0 Å². The lowest BCUT2D eigenvalue weighted by molar-refractivity contribution is -0.122. The highest BCUT2D eigenvalue weighted by molar-refractivity contribution is 5.76. The predicted octanol–water partition coefficient (Wildman–Crippen LogP) is 2.54. The molecule has 3 heterocycles. The van der Waals surface area contributed by atoms with E-state index in [4.69, 9.17) is 4.52 Å². The number of hydrogen-bond donors (Lipinski definition) is 1. The summed E-state index contributed by atoms with van der Waals surface area (Å²) in [6.07, 6.45) is 1.73. The molecule has 0 radical (unpaired) electrons. The van der Waals surface area contributed by atoms with E-state index in [1.807, 2.05) is 32.9 Å². The van der Waals surface area contributed by atoms with Crippen molar-refractivity contribution in [2.75, 3.05) is 13.1 Å². The van der Waals surface area contributed by atoms with E-state index in [2.05, 4.69) is 49.7 Å². The largest absolute Gasteiger partial charge is 0.352 e. The summed E-state index contributed by atoms with van der Waals surface area (Å²) in [6.45, 7) is 8.74. The van der Waals surface area contributed by atoms with E-state index in [0.29, 0.717) is 17.6 Å². The SMILES string of the molecule is Cc1cc(C)n(CC(=O)NC2CC3CN(Cc4ccccc4)CC3(c3nc(C)no3)C2)n1. The number of likely N-dealkylation sites (tertiary alicyclic amines) is 1. The van der Waals surface area contributed by atoms with E-state index in [1.54, 1.807) is 4.68 Å². The van der Waals surface area contributed by atoms with Crippen LogP contribution in [0.25, 0.3) is 0 Å². The van der Waals surface area contributed by atoms with Gasteiger partial charge in [-0.15, -0.1) is 0 Å². The van der Waals surface area contributed by atoms with Crippen LogP contribution >= 0.6 is 0 Å². The zero-order chi connectivity index (χ0) is 22.3. The number of aromatic nitrogens is 4. The van der Waals surface area contributed by atoms with Crippen molar-refractivity contribution in [2.24, 2.45) is 5.92 Å². The van der Waals surface area contributed by atoms with E-state index in [9.17, 15) is 4.79 Å². The van der Waals surface area contributed by atoms with Gasteiger partial charge in [-0.25, -0.2) is 0 Å². The number of benzene rings is 1. The maximum absolute atomic E-state index is 12.8. The molecule has 3 aromatic rings. The molecule has 1 aromatic carbocycles. The van der Waals surface area contributed by atoms with Gasteiger partial charge in [0.1, 0.15) is 6.54 Å². The van der Waals surface area contributed by atoms with Crippen molar-refractivity contribution in [1.29, 1.82) is 0 Å². The molecule has 0 spiro atoms. The third kappa shape index (κ3) is 3.95. The highest BCUT2D eigenvalue weighted by Crippen LogP contribution is 2.50. The molecule has 1 saturated heterocycles. The average Bonchev–Trinajstić information content (AvgIpc) is 3.46. The summed E-state index contributed by atoms with van der Waals surface area (Å²) in [5.74, 6) is 1.74. The van der Waals surface area contributed by atoms with Gasteiger partial charge in [0.2, 0.25) is 11.8 Å². The number of aryl methyl sites for hydroxylation is 3. The van der Waals surface area contributed by atoms with Crippen LogP contribution < -0.4 is 5.32 Å². The van der Waals surface area contributed by atoms with Crippen molar-refractivity contribution in [3.05, 3.63) is 65.1 Å². The first-order valence-corrected chi connectivity index (χ1v) is 11.3. The van der Waals surface area contributed by atoms with Crippen LogP contribution in [-0.4, -0.2) is 49.9 Å². The molecule has 2 fully saturated rings. The van der Waals surface area contributed by atoms with Crippen LogP contribution in [0, 0.1) is 26.7 Å². The molecule has 3 unspecified atom stereocenters. The van der Waals surface area contributed by atoms with E-state index in [0.717, 1.165) is 43.9 Å². The van der Waals surface area contributed by atoms with Gasteiger partial charge in [-0.2, -0.15) is 10.1 Å². The van der Waals surface area contributed by atoms with E-state index in [-0.39, 0.29) is 23.9 Å². The summed E-state index contributed by atoms with van der Waals surface area (Å²) in [5.41, 5.74) is 3.01. The van der Waals surface area contributed by atoms with Gasteiger partial charge in [-0.05, 0) is 51.2 Å². The Morgan fingerprint density at radius 2 is 2.06 bits per heavy atom. The Hall–Kier alpha value is -3.00. The van der Waals surface area contributed by atoms with Crippen LogP contribution in [-0.2, 0) is 23.3 Å². The van der Waals surface area contributed by atoms with Crippen molar-refractivity contribution in [3.8, 4) is 0 Å². The third-order valence-electron chi connectivity index (χ3n) is 6.91. The Bertz CT molecular complexity index is 1110. The second-order valence-electron chi connectivity index (χ2n) is 9.44. The van der Waals surface area contributed by atoms with Gasteiger partial charge < -0.3 is 9.84 Å². The molecule has 1 aliphatic carbocycles. The van der Waals surface area contributed by atoms with Gasteiger partial charge in [0.15, 0.2) is 5.82 Å². The molecule has 32 heavy (non-hydrogen) atoms. The van der Waals surface area contributed by atoms with Crippen LogP contribution in [0.5, 0.6) is 0 Å². The number of carbonyl (C=O) groups excluding carboxylic acids is 1. The van der Waals surface area contributed by atoms with Crippen molar-refractivity contribution >= 4 is 5.91 Å². The molecule has 1 N–H and O–H groups in total. The topological polar surface area (TPSA) is 89.1 Å². The Morgan fingerprint density at radius 1 is 1.25 bits per heavy atom. The van der Waals surface area contributed by atoms with Gasteiger partial charge in [0, 0.05) is 31.4 Å². The summed E-state index contributed by atoms with van der Waals surface area (Å²) >= 11 is 0. The number of amides is 1. The number of carbonyl (C=O) groups is 1. The quantitative estimate of drug-likeness (QED) is 0.641. The Labute approximate surface area is 188 Å². The van der Waals surface area contributed by atoms with Crippen molar-refractivity contribution in [2.45, 2.75) is 58.2 Å².